The lowest BCUT2D eigenvalue weighted by Crippen LogP contribution is -2.51. The zero-order chi connectivity index (χ0) is 31.6. The summed E-state index contributed by atoms with van der Waals surface area (Å²) in [6, 6.07) is 1.49. The molecular formula is C36H69N3O3Si. The highest BCUT2D eigenvalue weighted by Gasteiger charge is 2.39. The maximum atomic E-state index is 6.29. The molecule has 3 rings (SSSR count). The summed E-state index contributed by atoms with van der Waals surface area (Å²) in [7, 11) is 2.25. The summed E-state index contributed by atoms with van der Waals surface area (Å²) in [6.07, 6.45) is 15.7. The molecule has 6 atom stereocenters. The van der Waals surface area contributed by atoms with Crippen molar-refractivity contribution >= 4 is 19.7 Å². The first kappa shape index (κ1) is 36.9. The van der Waals surface area contributed by atoms with E-state index in [4.69, 9.17) is 23.9 Å². The molecule has 1 aliphatic heterocycles. The fourth-order valence-corrected chi connectivity index (χ4v) is 9.07. The van der Waals surface area contributed by atoms with Crippen molar-refractivity contribution in [1.29, 1.82) is 0 Å². The van der Waals surface area contributed by atoms with Crippen LogP contribution in [0, 0.1) is 23.7 Å². The van der Waals surface area contributed by atoms with Gasteiger partial charge in [0.2, 0.25) is 0 Å². The Balaban J connectivity index is 1.83. The van der Waals surface area contributed by atoms with Gasteiger partial charge < -0.3 is 19.2 Å². The highest BCUT2D eigenvalue weighted by Crippen LogP contribution is 2.39. The van der Waals surface area contributed by atoms with E-state index in [-0.39, 0.29) is 0 Å². The van der Waals surface area contributed by atoms with Crippen molar-refractivity contribution in [1.82, 2.24) is 5.32 Å². The standard InChI is InChI=1S/C36H69N3O3Si/c1-11-26-21-30(40-6)22-27(12-2)35(26)37-25(5)32-17-15-18-33(38-32)34(19-16-20-42-43(8,9)10)39-36-28(13-3)23-31(41-7)24-29(36)14-4/h26-33,35-36,38H,11-24H2,1-10H3. The maximum absolute atomic E-state index is 6.29. The third-order valence-electron chi connectivity index (χ3n) is 11.0. The van der Waals surface area contributed by atoms with Crippen molar-refractivity contribution in [3.05, 3.63) is 0 Å². The van der Waals surface area contributed by atoms with Crippen LogP contribution in [0.3, 0.4) is 0 Å². The highest BCUT2D eigenvalue weighted by atomic mass is 28.4. The Hall–Kier alpha value is -0.603. The van der Waals surface area contributed by atoms with Gasteiger partial charge in [-0.15, -0.1) is 0 Å². The number of hydrogen-bond donors (Lipinski definition) is 1. The molecule has 0 aromatic rings. The third kappa shape index (κ3) is 10.7. The van der Waals surface area contributed by atoms with Gasteiger partial charge in [-0.25, -0.2) is 0 Å². The fourth-order valence-electron chi connectivity index (χ4n) is 8.31. The molecule has 2 aliphatic carbocycles. The zero-order valence-electron chi connectivity index (χ0n) is 29.8. The van der Waals surface area contributed by atoms with Crippen LogP contribution in [0.15, 0.2) is 9.98 Å². The second-order valence-electron chi connectivity index (χ2n) is 15.0. The Morgan fingerprint density at radius 2 is 1.19 bits per heavy atom. The van der Waals surface area contributed by atoms with Crippen molar-refractivity contribution < 1.29 is 13.9 Å². The SMILES string of the molecule is CCC1CC(OC)CC(CC)C1N=C(C)C1CCCC(C(CCCO[Si](C)(C)C)=NC2C(CC)CC(OC)CC2CC)N1. The summed E-state index contributed by atoms with van der Waals surface area (Å²) >= 11 is 0. The minimum atomic E-state index is -1.52. The summed E-state index contributed by atoms with van der Waals surface area (Å²) in [5.41, 5.74) is 2.70. The van der Waals surface area contributed by atoms with Gasteiger partial charge in [0.15, 0.2) is 8.32 Å². The molecule has 6 nitrogen and oxygen atoms in total. The van der Waals surface area contributed by atoms with E-state index in [9.17, 15) is 0 Å². The minimum absolute atomic E-state index is 0.333. The first-order valence-corrected chi connectivity index (χ1v) is 21.5. The molecule has 2 saturated carbocycles. The summed E-state index contributed by atoms with van der Waals surface area (Å²) in [5.74, 6) is 2.42. The second-order valence-corrected chi connectivity index (χ2v) is 19.5. The van der Waals surface area contributed by atoms with Crippen LogP contribution in [0.1, 0.15) is 118 Å². The zero-order valence-corrected chi connectivity index (χ0v) is 30.8. The van der Waals surface area contributed by atoms with Gasteiger partial charge in [0.25, 0.3) is 0 Å². The van der Waals surface area contributed by atoms with Gasteiger partial charge in [0.05, 0.1) is 24.3 Å². The Bertz CT molecular complexity index is 846. The van der Waals surface area contributed by atoms with Crippen LogP contribution in [0.25, 0.3) is 0 Å². The molecule has 1 N–H and O–H groups in total. The fraction of sp³-hybridized carbons (Fsp3) is 0.944. The molecule has 3 aliphatic rings. The van der Waals surface area contributed by atoms with Crippen LogP contribution in [0.5, 0.6) is 0 Å². The maximum Gasteiger partial charge on any atom is 0.183 e. The lowest BCUT2D eigenvalue weighted by Gasteiger charge is -2.41. The molecule has 250 valence electrons. The van der Waals surface area contributed by atoms with Crippen molar-refractivity contribution in [2.45, 2.75) is 174 Å². The summed E-state index contributed by atoms with van der Waals surface area (Å²) in [5, 5.41) is 4.12. The van der Waals surface area contributed by atoms with E-state index < -0.39 is 8.32 Å². The van der Waals surface area contributed by atoms with Crippen LogP contribution in [0.2, 0.25) is 19.6 Å². The quantitative estimate of drug-likeness (QED) is 0.113. The summed E-state index contributed by atoms with van der Waals surface area (Å²) < 4.78 is 18.0. The van der Waals surface area contributed by atoms with Gasteiger partial charge in [-0.3, -0.25) is 9.98 Å². The van der Waals surface area contributed by atoms with Gasteiger partial charge in [0.1, 0.15) is 0 Å². The number of nitrogens with one attached hydrogen (secondary N) is 1. The topological polar surface area (TPSA) is 64.4 Å². The predicted molar refractivity (Wildman–Crippen MR) is 186 cm³/mol. The van der Waals surface area contributed by atoms with E-state index in [2.05, 4.69) is 59.6 Å². The minimum Gasteiger partial charge on any atom is -0.418 e. The Kier molecular flexibility index (Phi) is 15.4. The van der Waals surface area contributed by atoms with E-state index in [1.807, 2.05) is 14.2 Å². The molecule has 7 heteroatoms. The van der Waals surface area contributed by atoms with Gasteiger partial charge in [-0.1, -0.05) is 53.4 Å². The monoisotopic (exact) mass is 620 g/mol. The highest BCUT2D eigenvalue weighted by molar-refractivity contribution is 6.69. The molecule has 0 radical (unpaired) electrons. The number of hydrogen-bond acceptors (Lipinski definition) is 6. The van der Waals surface area contributed by atoms with Crippen molar-refractivity contribution in [3.8, 4) is 0 Å². The molecule has 6 unspecified atom stereocenters. The molecule has 0 spiro atoms. The number of aliphatic imine (C=N–C) groups is 2. The van der Waals surface area contributed by atoms with E-state index in [0.29, 0.717) is 60.0 Å². The number of methoxy groups -OCH3 is 2. The molecule has 43 heavy (non-hydrogen) atoms. The third-order valence-corrected chi connectivity index (χ3v) is 12.1. The van der Waals surface area contributed by atoms with Gasteiger partial charge in [-0.05, 0) is 108 Å². The van der Waals surface area contributed by atoms with E-state index >= 15 is 0 Å². The largest absolute Gasteiger partial charge is 0.418 e. The van der Waals surface area contributed by atoms with Crippen molar-refractivity contribution in [2.24, 2.45) is 33.7 Å². The summed E-state index contributed by atoms with van der Waals surface area (Å²) in [6.45, 7) is 19.4. The number of piperidine rings is 1. The molecular weight excluding hydrogens is 551 g/mol. The van der Waals surface area contributed by atoms with E-state index in [1.54, 1.807) is 0 Å². The Morgan fingerprint density at radius 1 is 0.721 bits per heavy atom. The lowest BCUT2D eigenvalue weighted by atomic mass is 9.73. The van der Waals surface area contributed by atoms with Crippen LogP contribution in [0.4, 0.5) is 0 Å². The molecule has 1 heterocycles. The Labute approximate surface area is 267 Å². The molecule has 0 aromatic heterocycles. The average molecular weight is 620 g/mol. The predicted octanol–water partition coefficient (Wildman–Crippen LogP) is 8.49. The van der Waals surface area contributed by atoms with Crippen LogP contribution in [-0.2, 0) is 13.9 Å². The van der Waals surface area contributed by atoms with E-state index in [0.717, 1.165) is 45.1 Å². The van der Waals surface area contributed by atoms with Crippen molar-refractivity contribution in [2.75, 3.05) is 20.8 Å². The van der Waals surface area contributed by atoms with E-state index in [1.165, 1.54) is 56.4 Å². The smallest absolute Gasteiger partial charge is 0.183 e. The Morgan fingerprint density at radius 3 is 1.63 bits per heavy atom. The summed E-state index contributed by atoms with van der Waals surface area (Å²) in [4.78, 5) is 11.3. The normalized spacial score (nSPS) is 36.6. The first-order chi connectivity index (χ1) is 20.6. The average Bonchev–Trinajstić information content (AvgIpc) is 3.01. The van der Waals surface area contributed by atoms with Gasteiger partial charge in [0, 0.05) is 44.3 Å². The van der Waals surface area contributed by atoms with Crippen LogP contribution >= 0.6 is 0 Å². The van der Waals surface area contributed by atoms with Crippen LogP contribution in [-0.4, -0.2) is 76.9 Å². The molecule has 0 bridgehead atoms. The number of rotatable bonds is 15. The molecule has 3 fully saturated rings. The first-order valence-electron chi connectivity index (χ1n) is 18.1. The lowest BCUT2D eigenvalue weighted by molar-refractivity contribution is 0.0166. The van der Waals surface area contributed by atoms with Gasteiger partial charge in [-0.2, -0.15) is 0 Å². The second kappa shape index (κ2) is 17.9. The molecule has 0 aromatic carbocycles. The van der Waals surface area contributed by atoms with Crippen molar-refractivity contribution in [3.63, 3.8) is 0 Å². The number of nitrogens with zero attached hydrogens (tertiary/aromatic N) is 2. The van der Waals surface area contributed by atoms with Gasteiger partial charge >= 0.3 is 0 Å². The molecule has 1 saturated heterocycles. The van der Waals surface area contributed by atoms with Crippen LogP contribution < -0.4 is 5.32 Å². The number of ether oxygens (including phenoxy) is 2. The molecule has 0 amide bonds.